The van der Waals surface area contributed by atoms with Crippen LogP contribution >= 0.6 is 23.2 Å². The minimum atomic E-state index is -3.78. The Morgan fingerprint density at radius 3 is 2.46 bits per heavy atom. The molecule has 0 unspecified atom stereocenters. The Morgan fingerprint density at radius 1 is 1.07 bits per heavy atom. The molecule has 2 aromatic rings. The van der Waals surface area contributed by atoms with E-state index in [9.17, 15) is 17.6 Å². The van der Waals surface area contributed by atoms with Gasteiger partial charge in [-0.2, -0.15) is 0 Å². The third-order valence-corrected chi connectivity index (χ3v) is 5.57. The van der Waals surface area contributed by atoms with Gasteiger partial charge in [0.2, 0.25) is 15.9 Å². The smallest absolute Gasteiger partial charge is 0.240 e. The highest BCUT2D eigenvalue weighted by Crippen LogP contribution is 2.27. The number of sulfonamides is 1. The van der Waals surface area contributed by atoms with Crippen molar-refractivity contribution in [1.29, 1.82) is 0 Å². The van der Waals surface area contributed by atoms with Crippen LogP contribution in [0.1, 0.15) is 12.8 Å². The van der Waals surface area contributed by atoms with Gasteiger partial charge in [0.1, 0.15) is 11.6 Å². The van der Waals surface area contributed by atoms with Crippen molar-refractivity contribution in [3.05, 3.63) is 58.3 Å². The van der Waals surface area contributed by atoms with E-state index in [0.717, 1.165) is 24.3 Å². The Balaban J connectivity index is 1.63. The summed E-state index contributed by atoms with van der Waals surface area (Å²) >= 11 is 11.8. The zero-order valence-corrected chi connectivity index (χ0v) is 17.1. The molecule has 2 aromatic carbocycles. The molecule has 0 aliphatic rings. The average Bonchev–Trinajstić information content (AvgIpc) is 2.63. The molecule has 0 aromatic heterocycles. The number of nitrogens with one attached hydrogen (secondary N) is 2. The Hall–Kier alpha value is -1.87. The lowest BCUT2D eigenvalue weighted by Gasteiger charge is -2.09. The highest BCUT2D eigenvalue weighted by Gasteiger charge is 2.14. The van der Waals surface area contributed by atoms with Crippen LogP contribution in [0.25, 0.3) is 0 Å². The van der Waals surface area contributed by atoms with Crippen molar-refractivity contribution in [3.8, 4) is 5.75 Å². The lowest BCUT2D eigenvalue weighted by molar-refractivity contribution is -0.120. The van der Waals surface area contributed by atoms with Gasteiger partial charge in [0.25, 0.3) is 0 Å². The van der Waals surface area contributed by atoms with Gasteiger partial charge in [0.05, 0.1) is 16.5 Å². The van der Waals surface area contributed by atoms with E-state index in [1.165, 1.54) is 0 Å². The quantitative estimate of drug-likeness (QED) is 0.545. The molecule has 0 saturated heterocycles. The van der Waals surface area contributed by atoms with Gasteiger partial charge in [-0.05, 0) is 48.9 Å². The maximum absolute atomic E-state index is 12.8. The number of halogens is 3. The summed E-state index contributed by atoms with van der Waals surface area (Å²) < 4.78 is 44.7. The average molecular weight is 449 g/mol. The van der Waals surface area contributed by atoms with E-state index >= 15 is 0 Å². The van der Waals surface area contributed by atoms with Gasteiger partial charge < -0.3 is 10.1 Å². The second kappa shape index (κ2) is 10.6. The first-order valence-electron chi connectivity index (χ1n) is 8.38. The molecule has 10 heteroatoms. The van der Waals surface area contributed by atoms with E-state index in [1.54, 1.807) is 18.2 Å². The first-order chi connectivity index (χ1) is 13.3. The molecule has 6 nitrogen and oxygen atoms in total. The molecular weight excluding hydrogens is 430 g/mol. The molecule has 0 aliphatic carbocycles. The van der Waals surface area contributed by atoms with E-state index in [0.29, 0.717) is 35.4 Å². The van der Waals surface area contributed by atoms with E-state index in [-0.39, 0.29) is 23.8 Å². The van der Waals surface area contributed by atoms with Gasteiger partial charge in [-0.3, -0.25) is 4.79 Å². The van der Waals surface area contributed by atoms with Crippen LogP contribution in [-0.4, -0.2) is 34.0 Å². The fourth-order valence-corrected chi connectivity index (χ4v) is 3.65. The van der Waals surface area contributed by atoms with Gasteiger partial charge in [-0.25, -0.2) is 17.5 Å². The predicted octanol–water partition coefficient (Wildman–Crippen LogP) is 3.39. The standard InChI is InChI=1S/C18H19Cl2FN2O4S/c19-13-2-7-17(16(20)12-13)27-11-1-9-22-18(24)8-10-23-28(25,26)15-5-3-14(21)4-6-15/h2-7,12,23H,1,8-11H2,(H,22,24). The number of hydrogen-bond donors (Lipinski definition) is 2. The first kappa shape index (κ1) is 22.4. The minimum absolute atomic E-state index is 0.0235. The number of hydrogen-bond acceptors (Lipinski definition) is 4. The summed E-state index contributed by atoms with van der Waals surface area (Å²) in [7, 11) is -3.78. The van der Waals surface area contributed by atoms with Crippen molar-refractivity contribution in [2.24, 2.45) is 0 Å². The van der Waals surface area contributed by atoms with Crippen LogP contribution in [0.5, 0.6) is 5.75 Å². The summed E-state index contributed by atoms with van der Waals surface area (Å²) in [6.07, 6.45) is 0.524. The highest BCUT2D eigenvalue weighted by molar-refractivity contribution is 7.89. The summed E-state index contributed by atoms with van der Waals surface area (Å²) in [5.41, 5.74) is 0. The van der Waals surface area contributed by atoms with Crippen molar-refractivity contribution in [2.75, 3.05) is 19.7 Å². The second-order valence-corrected chi connectivity index (χ2v) is 8.34. The molecule has 2 rings (SSSR count). The number of carbonyl (C=O) groups is 1. The molecule has 0 spiro atoms. The van der Waals surface area contributed by atoms with Gasteiger partial charge in [0.15, 0.2) is 0 Å². The monoisotopic (exact) mass is 448 g/mol. The molecule has 28 heavy (non-hydrogen) atoms. The Morgan fingerprint density at radius 2 is 1.79 bits per heavy atom. The van der Waals surface area contributed by atoms with Crippen LogP contribution in [0.15, 0.2) is 47.4 Å². The maximum atomic E-state index is 12.8. The highest BCUT2D eigenvalue weighted by atomic mass is 35.5. The molecule has 0 saturated carbocycles. The maximum Gasteiger partial charge on any atom is 0.240 e. The van der Waals surface area contributed by atoms with Crippen molar-refractivity contribution in [1.82, 2.24) is 10.0 Å². The molecule has 0 atom stereocenters. The summed E-state index contributed by atoms with van der Waals surface area (Å²) in [6.45, 7) is 0.649. The summed E-state index contributed by atoms with van der Waals surface area (Å²) in [4.78, 5) is 11.7. The molecule has 0 heterocycles. The number of amides is 1. The number of benzene rings is 2. The molecule has 1 amide bonds. The minimum Gasteiger partial charge on any atom is -0.492 e. The fraction of sp³-hybridized carbons (Fsp3) is 0.278. The third kappa shape index (κ3) is 7.27. The molecule has 152 valence electrons. The van der Waals surface area contributed by atoms with Crippen LogP contribution < -0.4 is 14.8 Å². The summed E-state index contributed by atoms with van der Waals surface area (Å²) in [5.74, 6) is -0.320. The van der Waals surface area contributed by atoms with Crippen LogP contribution in [0.4, 0.5) is 4.39 Å². The molecule has 0 bridgehead atoms. The van der Waals surface area contributed by atoms with Crippen molar-refractivity contribution < 1.29 is 22.3 Å². The van der Waals surface area contributed by atoms with E-state index in [2.05, 4.69) is 10.0 Å². The molecule has 0 radical (unpaired) electrons. The molecular formula is C18H19Cl2FN2O4S. The van der Waals surface area contributed by atoms with E-state index in [4.69, 9.17) is 27.9 Å². The van der Waals surface area contributed by atoms with Crippen molar-refractivity contribution in [3.63, 3.8) is 0 Å². The number of carbonyl (C=O) groups excluding carboxylic acids is 1. The third-order valence-electron chi connectivity index (χ3n) is 3.56. The summed E-state index contributed by atoms with van der Waals surface area (Å²) in [5, 5.41) is 3.59. The zero-order chi connectivity index (χ0) is 20.6. The first-order valence-corrected chi connectivity index (χ1v) is 10.6. The Labute approximate surface area is 173 Å². The second-order valence-electron chi connectivity index (χ2n) is 5.73. The summed E-state index contributed by atoms with van der Waals surface area (Å²) in [6, 6.07) is 9.33. The van der Waals surface area contributed by atoms with Gasteiger partial charge in [-0.15, -0.1) is 0 Å². The lowest BCUT2D eigenvalue weighted by Crippen LogP contribution is -2.31. The largest absolute Gasteiger partial charge is 0.492 e. The SMILES string of the molecule is O=C(CCNS(=O)(=O)c1ccc(F)cc1)NCCCOc1ccc(Cl)cc1Cl. The number of rotatable bonds is 10. The molecule has 0 aliphatic heterocycles. The van der Waals surface area contributed by atoms with Gasteiger partial charge in [0, 0.05) is 24.5 Å². The van der Waals surface area contributed by atoms with Crippen molar-refractivity contribution in [2.45, 2.75) is 17.7 Å². The van der Waals surface area contributed by atoms with Gasteiger partial charge >= 0.3 is 0 Å². The van der Waals surface area contributed by atoms with Crippen LogP contribution in [0, 0.1) is 5.82 Å². The van der Waals surface area contributed by atoms with E-state index in [1.807, 2.05) is 0 Å². The van der Waals surface area contributed by atoms with Crippen LogP contribution in [-0.2, 0) is 14.8 Å². The van der Waals surface area contributed by atoms with Crippen molar-refractivity contribution >= 4 is 39.1 Å². The van der Waals surface area contributed by atoms with Gasteiger partial charge in [-0.1, -0.05) is 23.2 Å². The molecule has 0 fully saturated rings. The fourth-order valence-electron chi connectivity index (χ4n) is 2.16. The Kier molecular flexibility index (Phi) is 8.50. The van der Waals surface area contributed by atoms with E-state index < -0.39 is 15.8 Å². The predicted molar refractivity (Wildman–Crippen MR) is 106 cm³/mol. The normalized spacial score (nSPS) is 11.2. The number of ether oxygens (including phenoxy) is 1. The van der Waals surface area contributed by atoms with Crippen LogP contribution in [0.3, 0.4) is 0 Å². The zero-order valence-electron chi connectivity index (χ0n) is 14.8. The topological polar surface area (TPSA) is 84.5 Å². The lowest BCUT2D eigenvalue weighted by atomic mass is 10.3. The molecule has 2 N–H and O–H groups in total. The Bertz CT molecular complexity index is 908. The van der Waals surface area contributed by atoms with Crippen LogP contribution in [0.2, 0.25) is 10.0 Å².